The van der Waals surface area contributed by atoms with E-state index >= 15 is 0 Å². The maximum absolute atomic E-state index is 10.9. The minimum Gasteiger partial charge on any atom is -0.465 e. The number of hydrogen-bond acceptors (Lipinski definition) is 4. The number of nitrogen functional groups attached to an aromatic ring is 1. The van der Waals surface area contributed by atoms with E-state index in [0.29, 0.717) is 25.0 Å². The fourth-order valence-corrected chi connectivity index (χ4v) is 2.59. The molecule has 0 atom stereocenters. The zero-order valence-electron chi connectivity index (χ0n) is 10.4. The minimum atomic E-state index is -0.837. The summed E-state index contributed by atoms with van der Waals surface area (Å²) in [6.45, 7) is 1.15. The highest BCUT2D eigenvalue weighted by Gasteiger charge is 2.24. The van der Waals surface area contributed by atoms with Gasteiger partial charge in [0.2, 0.25) is 5.95 Å². The third kappa shape index (κ3) is 2.07. The number of anilines is 1. The Morgan fingerprint density at radius 2 is 2.11 bits per heavy atom. The highest BCUT2D eigenvalue weighted by Crippen LogP contribution is 2.29. The summed E-state index contributed by atoms with van der Waals surface area (Å²) in [5.41, 5.74) is 7.72. The first-order valence-electron chi connectivity index (χ1n) is 6.21. The van der Waals surface area contributed by atoms with Crippen molar-refractivity contribution in [2.45, 2.75) is 18.8 Å². The van der Waals surface area contributed by atoms with Gasteiger partial charge in [0.15, 0.2) is 0 Å². The van der Waals surface area contributed by atoms with Crippen molar-refractivity contribution in [1.82, 2.24) is 19.3 Å². The molecule has 1 fully saturated rings. The summed E-state index contributed by atoms with van der Waals surface area (Å²) in [5.74, 6) is 0.774. The number of fused-ring (bicyclic) bond motifs is 1. The molecule has 1 saturated heterocycles. The van der Waals surface area contributed by atoms with Crippen molar-refractivity contribution in [3.8, 4) is 0 Å². The maximum Gasteiger partial charge on any atom is 0.407 e. The number of nitrogens with zero attached hydrogens (tertiary/aromatic N) is 4. The lowest BCUT2D eigenvalue weighted by molar-refractivity contribution is 0.132. The molecule has 3 N–H and O–H groups in total. The first-order valence-corrected chi connectivity index (χ1v) is 6.21. The van der Waals surface area contributed by atoms with Gasteiger partial charge in [-0.1, -0.05) is 0 Å². The van der Waals surface area contributed by atoms with Gasteiger partial charge in [-0.3, -0.25) is 4.40 Å². The first-order chi connectivity index (χ1) is 9.15. The van der Waals surface area contributed by atoms with Crippen LogP contribution < -0.4 is 5.73 Å². The molecule has 7 heteroatoms. The Kier molecular flexibility index (Phi) is 2.73. The Labute approximate surface area is 109 Å². The zero-order chi connectivity index (χ0) is 13.4. The number of piperidine rings is 1. The minimum absolute atomic E-state index is 0.358. The van der Waals surface area contributed by atoms with Crippen LogP contribution in [0.25, 0.3) is 5.65 Å². The lowest BCUT2D eigenvalue weighted by Gasteiger charge is -2.29. The van der Waals surface area contributed by atoms with Gasteiger partial charge in [-0.15, -0.1) is 0 Å². The molecule has 0 aromatic carbocycles. The van der Waals surface area contributed by atoms with Crippen molar-refractivity contribution in [2.75, 3.05) is 18.8 Å². The molecule has 0 saturated carbocycles. The molecule has 19 heavy (non-hydrogen) atoms. The smallest absolute Gasteiger partial charge is 0.407 e. The summed E-state index contributed by atoms with van der Waals surface area (Å²) >= 11 is 0. The van der Waals surface area contributed by atoms with E-state index in [1.807, 2.05) is 12.3 Å². The molecule has 3 rings (SSSR count). The fourth-order valence-electron chi connectivity index (χ4n) is 2.59. The molecule has 7 nitrogen and oxygen atoms in total. The van der Waals surface area contributed by atoms with Crippen LogP contribution in [-0.4, -0.2) is 43.6 Å². The van der Waals surface area contributed by atoms with Gasteiger partial charge < -0.3 is 15.7 Å². The Morgan fingerprint density at radius 1 is 1.37 bits per heavy atom. The Balaban J connectivity index is 1.82. The topological polar surface area (TPSA) is 96.8 Å². The lowest BCUT2D eigenvalue weighted by atomic mass is 9.91. The largest absolute Gasteiger partial charge is 0.465 e. The van der Waals surface area contributed by atoms with Crippen molar-refractivity contribution in [1.29, 1.82) is 0 Å². The lowest BCUT2D eigenvalue weighted by Crippen LogP contribution is -2.36. The number of amides is 1. The highest BCUT2D eigenvalue weighted by atomic mass is 16.4. The number of carboxylic acid groups (broad SMARTS) is 1. The molecule has 100 valence electrons. The van der Waals surface area contributed by atoms with Crippen LogP contribution in [0.5, 0.6) is 0 Å². The van der Waals surface area contributed by atoms with Crippen LogP contribution in [0.15, 0.2) is 18.6 Å². The highest BCUT2D eigenvalue weighted by molar-refractivity contribution is 5.65. The molecule has 0 radical (unpaired) electrons. The van der Waals surface area contributed by atoms with Gasteiger partial charge in [0, 0.05) is 19.3 Å². The van der Waals surface area contributed by atoms with Crippen molar-refractivity contribution in [3.63, 3.8) is 0 Å². The van der Waals surface area contributed by atoms with E-state index in [1.165, 1.54) is 11.2 Å². The molecule has 0 bridgehead atoms. The maximum atomic E-state index is 10.9. The molecule has 1 aliphatic heterocycles. The van der Waals surface area contributed by atoms with Crippen LogP contribution in [0, 0.1) is 0 Å². The summed E-state index contributed by atoms with van der Waals surface area (Å²) < 4.78 is 1.76. The monoisotopic (exact) mass is 261 g/mol. The molecule has 0 aliphatic carbocycles. The third-order valence-corrected chi connectivity index (χ3v) is 3.68. The molecule has 0 unspecified atom stereocenters. The van der Waals surface area contributed by atoms with E-state index in [0.717, 1.165) is 24.1 Å². The van der Waals surface area contributed by atoms with Gasteiger partial charge in [0.1, 0.15) is 12.0 Å². The molecule has 1 aliphatic rings. The van der Waals surface area contributed by atoms with E-state index in [2.05, 4.69) is 9.97 Å². The number of nitrogens with two attached hydrogens (primary N) is 1. The average Bonchev–Trinajstić information content (AvgIpc) is 2.84. The predicted octanol–water partition coefficient (Wildman–Crippen LogP) is 1.17. The van der Waals surface area contributed by atoms with Gasteiger partial charge in [-0.05, 0) is 30.4 Å². The fraction of sp³-hybridized carbons (Fsp3) is 0.417. The van der Waals surface area contributed by atoms with Gasteiger partial charge >= 0.3 is 6.09 Å². The van der Waals surface area contributed by atoms with Crippen LogP contribution in [0.1, 0.15) is 24.3 Å². The van der Waals surface area contributed by atoms with Gasteiger partial charge in [0.05, 0.1) is 0 Å². The Hall–Kier alpha value is -2.31. The van der Waals surface area contributed by atoms with Crippen molar-refractivity contribution in [3.05, 3.63) is 24.2 Å². The number of rotatable bonds is 1. The standard InChI is InChI=1S/C12H15N5O2/c13-11-15-7-14-10-5-9(6-17(10)11)8-1-3-16(4-2-8)12(18)19/h5-8H,1-4H2,(H,18,19)(H2,13,14,15). The molecule has 3 heterocycles. The second-order valence-electron chi connectivity index (χ2n) is 4.78. The van der Waals surface area contributed by atoms with Gasteiger partial charge in [-0.25, -0.2) is 14.8 Å². The molecule has 2 aromatic rings. The van der Waals surface area contributed by atoms with Crippen LogP contribution in [0.2, 0.25) is 0 Å². The molecule has 2 aromatic heterocycles. The van der Waals surface area contributed by atoms with Crippen LogP contribution in [0.4, 0.5) is 10.7 Å². The van der Waals surface area contributed by atoms with E-state index in [1.54, 1.807) is 4.40 Å². The van der Waals surface area contributed by atoms with Crippen LogP contribution >= 0.6 is 0 Å². The van der Waals surface area contributed by atoms with Gasteiger partial charge in [-0.2, -0.15) is 0 Å². The Bertz CT molecular complexity index is 616. The molecular weight excluding hydrogens is 246 g/mol. The molecule has 0 spiro atoms. The summed E-state index contributed by atoms with van der Waals surface area (Å²) in [5, 5.41) is 8.93. The number of carbonyl (C=O) groups is 1. The molecule has 1 amide bonds. The predicted molar refractivity (Wildman–Crippen MR) is 69.0 cm³/mol. The van der Waals surface area contributed by atoms with Crippen molar-refractivity contribution < 1.29 is 9.90 Å². The zero-order valence-corrected chi connectivity index (χ0v) is 10.4. The van der Waals surface area contributed by atoms with Gasteiger partial charge in [0.25, 0.3) is 0 Å². The van der Waals surface area contributed by atoms with E-state index < -0.39 is 6.09 Å². The molecular formula is C12H15N5O2. The number of hydrogen-bond donors (Lipinski definition) is 2. The quantitative estimate of drug-likeness (QED) is 0.803. The second-order valence-corrected chi connectivity index (χ2v) is 4.78. The van der Waals surface area contributed by atoms with Crippen LogP contribution in [-0.2, 0) is 0 Å². The van der Waals surface area contributed by atoms with Crippen LogP contribution in [0.3, 0.4) is 0 Å². The van der Waals surface area contributed by atoms with E-state index in [9.17, 15) is 4.79 Å². The normalized spacial score (nSPS) is 16.9. The summed E-state index contributed by atoms with van der Waals surface area (Å²) in [6.07, 6.45) is 4.22. The second kappa shape index (κ2) is 4.42. The average molecular weight is 261 g/mol. The summed E-state index contributed by atoms with van der Waals surface area (Å²) in [6, 6.07) is 2.00. The Morgan fingerprint density at radius 3 is 2.74 bits per heavy atom. The van der Waals surface area contributed by atoms with Crippen molar-refractivity contribution in [2.24, 2.45) is 0 Å². The number of aromatic nitrogens is 3. The summed E-state index contributed by atoms with van der Waals surface area (Å²) in [4.78, 5) is 20.4. The summed E-state index contributed by atoms with van der Waals surface area (Å²) in [7, 11) is 0. The SMILES string of the molecule is Nc1ncnc2cc(C3CCN(C(=O)O)CC3)cn12. The van der Waals surface area contributed by atoms with E-state index in [-0.39, 0.29) is 0 Å². The van der Waals surface area contributed by atoms with Crippen molar-refractivity contribution >= 4 is 17.7 Å². The first kappa shape index (κ1) is 11.8. The van der Waals surface area contributed by atoms with E-state index in [4.69, 9.17) is 10.8 Å². The third-order valence-electron chi connectivity index (χ3n) is 3.68. The number of likely N-dealkylation sites (tertiary alicyclic amines) is 1.